The van der Waals surface area contributed by atoms with Crippen molar-refractivity contribution in [3.8, 4) is 0 Å². The molecule has 1 atom stereocenters. The number of nitrogens with one attached hydrogen (secondary N) is 1. The quantitative estimate of drug-likeness (QED) is 0.739. The smallest absolute Gasteiger partial charge is 0.224 e. The standard InChI is InChI=1S/C23H23NO2/c1-16-6-3-8-18(12-16)23(19-9-4-7-17(2)13-19)14-21(23)22(25)24-15-20-10-5-11-26-20/h3-13,21H,14-15H2,1-2H3,(H,24,25)/t21-/m1/s1. The third-order valence-electron chi connectivity index (χ3n) is 5.36. The van der Waals surface area contributed by atoms with Crippen LogP contribution in [0, 0.1) is 19.8 Å². The highest BCUT2D eigenvalue weighted by Gasteiger charge is 2.60. The third kappa shape index (κ3) is 2.94. The number of hydrogen-bond donors (Lipinski definition) is 1. The first-order valence-electron chi connectivity index (χ1n) is 9.04. The predicted octanol–water partition coefficient (Wildman–Crippen LogP) is 4.52. The highest BCUT2D eigenvalue weighted by atomic mass is 16.3. The van der Waals surface area contributed by atoms with Crippen molar-refractivity contribution < 1.29 is 9.21 Å². The summed E-state index contributed by atoms with van der Waals surface area (Å²) in [5.74, 6) is 0.807. The van der Waals surface area contributed by atoms with E-state index in [-0.39, 0.29) is 17.2 Å². The second-order valence-corrected chi connectivity index (χ2v) is 7.26. The average molecular weight is 345 g/mol. The van der Waals surface area contributed by atoms with Crippen LogP contribution in [0.25, 0.3) is 0 Å². The van der Waals surface area contributed by atoms with Crippen LogP contribution in [0.1, 0.15) is 34.4 Å². The molecule has 0 unspecified atom stereocenters. The fraction of sp³-hybridized carbons (Fsp3) is 0.261. The highest BCUT2D eigenvalue weighted by molar-refractivity contribution is 5.86. The maximum absolute atomic E-state index is 12.9. The second-order valence-electron chi connectivity index (χ2n) is 7.26. The van der Waals surface area contributed by atoms with E-state index in [2.05, 4.69) is 67.7 Å². The number of carbonyl (C=O) groups is 1. The monoisotopic (exact) mass is 345 g/mol. The summed E-state index contributed by atoms with van der Waals surface area (Å²) >= 11 is 0. The van der Waals surface area contributed by atoms with Gasteiger partial charge in [0.2, 0.25) is 5.91 Å². The number of furan rings is 1. The fourth-order valence-corrected chi connectivity index (χ4v) is 3.94. The zero-order valence-corrected chi connectivity index (χ0v) is 15.2. The molecule has 3 aromatic rings. The Hall–Kier alpha value is -2.81. The van der Waals surface area contributed by atoms with Gasteiger partial charge in [-0.05, 0) is 43.5 Å². The average Bonchev–Trinajstić information content (AvgIpc) is 3.19. The van der Waals surface area contributed by atoms with Gasteiger partial charge in [-0.3, -0.25) is 4.79 Å². The van der Waals surface area contributed by atoms with Gasteiger partial charge in [0, 0.05) is 5.41 Å². The molecule has 1 fully saturated rings. The summed E-state index contributed by atoms with van der Waals surface area (Å²) in [6.07, 6.45) is 2.46. The molecule has 2 aromatic carbocycles. The van der Waals surface area contributed by atoms with Crippen LogP contribution in [0.3, 0.4) is 0 Å². The van der Waals surface area contributed by atoms with Crippen LogP contribution in [0.4, 0.5) is 0 Å². The summed E-state index contributed by atoms with van der Waals surface area (Å²) in [5, 5.41) is 3.04. The summed E-state index contributed by atoms with van der Waals surface area (Å²) in [5.41, 5.74) is 4.65. The molecule has 26 heavy (non-hydrogen) atoms. The Bertz CT molecular complexity index is 881. The van der Waals surface area contributed by atoms with Crippen molar-refractivity contribution in [3.63, 3.8) is 0 Å². The zero-order chi connectivity index (χ0) is 18.1. The minimum absolute atomic E-state index is 0.0546. The molecule has 1 heterocycles. The lowest BCUT2D eigenvalue weighted by molar-refractivity contribution is -0.122. The van der Waals surface area contributed by atoms with Gasteiger partial charge < -0.3 is 9.73 Å². The maximum Gasteiger partial charge on any atom is 0.224 e. The molecule has 1 saturated carbocycles. The van der Waals surface area contributed by atoms with E-state index >= 15 is 0 Å². The van der Waals surface area contributed by atoms with Crippen molar-refractivity contribution in [2.45, 2.75) is 32.2 Å². The Morgan fingerprint density at radius 2 is 1.69 bits per heavy atom. The van der Waals surface area contributed by atoms with Crippen LogP contribution in [0.2, 0.25) is 0 Å². The van der Waals surface area contributed by atoms with Gasteiger partial charge in [-0.15, -0.1) is 0 Å². The summed E-state index contributed by atoms with van der Waals surface area (Å²) in [4.78, 5) is 12.9. The molecule has 1 amide bonds. The van der Waals surface area contributed by atoms with Gasteiger partial charge in [-0.1, -0.05) is 59.7 Å². The summed E-state index contributed by atoms with van der Waals surface area (Å²) < 4.78 is 5.32. The zero-order valence-electron chi connectivity index (χ0n) is 15.2. The molecule has 1 aromatic heterocycles. The van der Waals surface area contributed by atoms with Crippen LogP contribution in [-0.4, -0.2) is 5.91 Å². The molecule has 4 rings (SSSR count). The Balaban J connectivity index is 1.64. The van der Waals surface area contributed by atoms with E-state index in [0.29, 0.717) is 6.54 Å². The maximum atomic E-state index is 12.9. The molecule has 1 aliphatic rings. The molecule has 0 bridgehead atoms. The van der Waals surface area contributed by atoms with E-state index in [1.54, 1.807) is 6.26 Å². The Kier molecular flexibility index (Phi) is 4.15. The minimum atomic E-state index is -0.231. The molecule has 3 nitrogen and oxygen atoms in total. The summed E-state index contributed by atoms with van der Waals surface area (Å²) in [6, 6.07) is 20.8. The molecule has 3 heteroatoms. The van der Waals surface area contributed by atoms with Crippen molar-refractivity contribution >= 4 is 5.91 Å². The first-order chi connectivity index (χ1) is 12.6. The first-order valence-corrected chi connectivity index (χ1v) is 9.04. The largest absolute Gasteiger partial charge is 0.467 e. The lowest BCUT2D eigenvalue weighted by Crippen LogP contribution is -2.28. The first kappa shape index (κ1) is 16.6. The highest BCUT2D eigenvalue weighted by Crippen LogP contribution is 2.59. The molecule has 1 aliphatic carbocycles. The van der Waals surface area contributed by atoms with Gasteiger partial charge in [0.1, 0.15) is 5.76 Å². The van der Waals surface area contributed by atoms with Gasteiger partial charge >= 0.3 is 0 Å². The van der Waals surface area contributed by atoms with Crippen molar-refractivity contribution in [3.05, 3.63) is 94.9 Å². The van der Waals surface area contributed by atoms with Crippen LogP contribution in [0.15, 0.2) is 71.3 Å². The topological polar surface area (TPSA) is 42.2 Å². The van der Waals surface area contributed by atoms with Crippen molar-refractivity contribution in [2.24, 2.45) is 5.92 Å². The van der Waals surface area contributed by atoms with Gasteiger partial charge in [-0.2, -0.15) is 0 Å². The molecule has 0 spiro atoms. The Labute approximate surface area is 154 Å². The van der Waals surface area contributed by atoms with Crippen molar-refractivity contribution in [1.82, 2.24) is 5.32 Å². The van der Waals surface area contributed by atoms with Crippen LogP contribution >= 0.6 is 0 Å². The Morgan fingerprint density at radius 3 is 2.23 bits per heavy atom. The van der Waals surface area contributed by atoms with E-state index in [4.69, 9.17) is 4.42 Å². The lowest BCUT2D eigenvalue weighted by atomic mass is 9.84. The van der Waals surface area contributed by atoms with Gasteiger partial charge in [-0.25, -0.2) is 0 Å². The SMILES string of the molecule is Cc1cccc(C2(c3cccc(C)c3)C[C@@H]2C(=O)NCc2ccco2)c1. The van der Waals surface area contributed by atoms with Gasteiger partial charge in [0.25, 0.3) is 0 Å². The van der Waals surface area contributed by atoms with Crippen LogP contribution in [0.5, 0.6) is 0 Å². The van der Waals surface area contributed by atoms with Crippen LogP contribution in [-0.2, 0) is 16.8 Å². The number of aryl methyl sites for hydroxylation is 2. The van der Waals surface area contributed by atoms with Crippen molar-refractivity contribution in [1.29, 1.82) is 0 Å². The van der Waals surface area contributed by atoms with Gasteiger partial charge in [0.15, 0.2) is 0 Å². The van der Waals surface area contributed by atoms with E-state index < -0.39 is 0 Å². The third-order valence-corrected chi connectivity index (χ3v) is 5.36. The Morgan fingerprint density at radius 1 is 1.04 bits per heavy atom. The lowest BCUT2D eigenvalue weighted by Gasteiger charge is -2.20. The molecule has 0 radical (unpaired) electrons. The van der Waals surface area contributed by atoms with Crippen molar-refractivity contribution in [2.75, 3.05) is 0 Å². The number of carbonyl (C=O) groups excluding carboxylic acids is 1. The molecule has 0 aliphatic heterocycles. The minimum Gasteiger partial charge on any atom is -0.467 e. The second kappa shape index (κ2) is 6.49. The van der Waals surface area contributed by atoms with E-state index in [1.165, 1.54) is 22.3 Å². The number of benzene rings is 2. The fourth-order valence-electron chi connectivity index (χ4n) is 3.94. The number of amides is 1. The molecular formula is C23H23NO2. The molecule has 0 saturated heterocycles. The summed E-state index contributed by atoms with van der Waals surface area (Å²) in [7, 11) is 0. The molecule has 132 valence electrons. The number of rotatable bonds is 5. The van der Waals surface area contributed by atoms with Crippen LogP contribution < -0.4 is 5.32 Å². The number of hydrogen-bond acceptors (Lipinski definition) is 2. The van der Waals surface area contributed by atoms with Gasteiger partial charge in [0.05, 0.1) is 18.7 Å². The predicted molar refractivity (Wildman–Crippen MR) is 102 cm³/mol. The van der Waals surface area contributed by atoms with E-state index in [1.807, 2.05) is 12.1 Å². The molecule has 1 N–H and O–H groups in total. The molecular weight excluding hydrogens is 322 g/mol. The normalized spacial score (nSPS) is 17.7. The van der Waals surface area contributed by atoms with E-state index in [9.17, 15) is 4.79 Å². The van der Waals surface area contributed by atoms with E-state index in [0.717, 1.165) is 12.2 Å². The summed E-state index contributed by atoms with van der Waals surface area (Å²) in [6.45, 7) is 4.63.